The van der Waals surface area contributed by atoms with Gasteiger partial charge in [0.1, 0.15) is 0 Å². The van der Waals surface area contributed by atoms with Crippen molar-refractivity contribution in [3.63, 3.8) is 0 Å². The van der Waals surface area contributed by atoms with Crippen molar-refractivity contribution in [2.75, 3.05) is 4.90 Å². The number of hydrogen-bond donors (Lipinski definition) is 1. The van der Waals surface area contributed by atoms with E-state index in [0.717, 1.165) is 28.1 Å². The van der Waals surface area contributed by atoms with Crippen LogP contribution in [0.5, 0.6) is 0 Å². The molecule has 1 N–H and O–H groups in total. The van der Waals surface area contributed by atoms with Crippen LogP contribution in [-0.2, 0) is 10.3 Å². The second kappa shape index (κ2) is 8.33. The van der Waals surface area contributed by atoms with Crippen molar-refractivity contribution in [1.29, 1.82) is 0 Å². The highest BCUT2D eigenvalue weighted by molar-refractivity contribution is 6.31. The summed E-state index contributed by atoms with van der Waals surface area (Å²) in [5, 5.41) is 8.16. The van der Waals surface area contributed by atoms with Crippen molar-refractivity contribution >= 4 is 40.7 Å². The number of amides is 2. The number of anilines is 1. The quantitative estimate of drug-likeness (QED) is 0.416. The largest absolute Gasteiger partial charge is 0.323 e. The Labute approximate surface area is 225 Å². The van der Waals surface area contributed by atoms with E-state index in [9.17, 15) is 9.59 Å². The van der Waals surface area contributed by atoms with E-state index < -0.39 is 5.54 Å². The van der Waals surface area contributed by atoms with Crippen molar-refractivity contribution in [2.24, 2.45) is 0 Å². The fourth-order valence-electron chi connectivity index (χ4n) is 5.85. The first kappa shape index (κ1) is 24.0. The van der Waals surface area contributed by atoms with Crippen LogP contribution in [0.4, 0.5) is 5.69 Å². The number of halogens is 2. The molecule has 2 aromatic carbocycles. The Bertz CT molecular complexity index is 1570. The highest BCUT2D eigenvalue weighted by Gasteiger charge is 2.65. The molecule has 6 nitrogen and oxygen atoms in total. The zero-order valence-electron chi connectivity index (χ0n) is 21.0. The number of aryl methyl sites for hydroxylation is 2. The van der Waals surface area contributed by atoms with E-state index in [4.69, 9.17) is 28.3 Å². The fourth-order valence-corrected chi connectivity index (χ4v) is 6.23. The van der Waals surface area contributed by atoms with Gasteiger partial charge >= 0.3 is 0 Å². The molecule has 6 rings (SSSR count). The molecule has 3 heterocycles. The molecule has 1 aromatic heterocycles. The normalized spacial score (nSPS) is 22.4. The molecule has 1 fully saturated rings. The van der Waals surface area contributed by atoms with Gasteiger partial charge in [0.25, 0.3) is 11.8 Å². The lowest BCUT2D eigenvalue weighted by Gasteiger charge is -2.37. The van der Waals surface area contributed by atoms with Crippen molar-refractivity contribution in [2.45, 2.75) is 50.9 Å². The van der Waals surface area contributed by atoms with Gasteiger partial charge in [0, 0.05) is 21.9 Å². The second-order valence-electron chi connectivity index (χ2n) is 10.2. The van der Waals surface area contributed by atoms with Crippen LogP contribution in [0.25, 0.3) is 5.69 Å². The second-order valence-corrected chi connectivity index (χ2v) is 11.2. The molecule has 0 bridgehead atoms. The van der Waals surface area contributed by atoms with Gasteiger partial charge in [-0.3, -0.25) is 14.5 Å². The molecule has 2 amide bonds. The third kappa shape index (κ3) is 3.28. The van der Waals surface area contributed by atoms with E-state index in [2.05, 4.69) is 19.2 Å². The summed E-state index contributed by atoms with van der Waals surface area (Å²) in [4.78, 5) is 30.2. The lowest BCUT2D eigenvalue weighted by Crippen LogP contribution is -2.51. The van der Waals surface area contributed by atoms with Gasteiger partial charge in [0.2, 0.25) is 0 Å². The van der Waals surface area contributed by atoms with Gasteiger partial charge in [-0.2, -0.15) is 5.10 Å². The summed E-state index contributed by atoms with van der Waals surface area (Å²) < 4.78 is 1.83. The van der Waals surface area contributed by atoms with E-state index in [0.29, 0.717) is 28.4 Å². The molecule has 1 saturated heterocycles. The van der Waals surface area contributed by atoms with Crippen LogP contribution in [0.3, 0.4) is 0 Å². The average Bonchev–Trinajstić information content (AvgIpc) is 3.45. The van der Waals surface area contributed by atoms with Gasteiger partial charge in [-0.15, -0.1) is 11.6 Å². The van der Waals surface area contributed by atoms with Gasteiger partial charge in [-0.05, 0) is 67.7 Å². The number of allylic oxidation sites excluding steroid dienone is 2. The molecule has 2 atom stereocenters. The monoisotopic (exact) mass is 532 g/mol. The summed E-state index contributed by atoms with van der Waals surface area (Å²) in [5.41, 5.74) is 4.99. The van der Waals surface area contributed by atoms with Crippen LogP contribution < -0.4 is 10.2 Å². The predicted molar refractivity (Wildman–Crippen MR) is 146 cm³/mol. The fraction of sp³-hybridized carbons (Fsp3) is 0.276. The number of alkyl halides is 1. The molecule has 1 spiro atoms. The number of rotatable bonds is 3. The van der Waals surface area contributed by atoms with Crippen LogP contribution in [0.15, 0.2) is 65.9 Å². The van der Waals surface area contributed by atoms with E-state index in [1.54, 1.807) is 17.0 Å². The number of benzene rings is 2. The summed E-state index contributed by atoms with van der Waals surface area (Å²) in [7, 11) is 0. The molecule has 188 valence electrons. The van der Waals surface area contributed by atoms with Crippen LogP contribution in [0.2, 0.25) is 5.02 Å². The highest BCUT2D eigenvalue weighted by Crippen LogP contribution is 2.55. The Morgan fingerprint density at radius 3 is 2.65 bits per heavy atom. The molecule has 1 aliphatic carbocycles. The van der Waals surface area contributed by atoms with Crippen molar-refractivity contribution in [1.82, 2.24) is 15.1 Å². The summed E-state index contributed by atoms with van der Waals surface area (Å²) in [6.45, 7) is 8.04. The smallest absolute Gasteiger partial charge is 0.280 e. The van der Waals surface area contributed by atoms with E-state index in [1.807, 2.05) is 61.0 Å². The minimum absolute atomic E-state index is 0.0346. The van der Waals surface area contributed by atoms with Crippen LogP contribution in [-0.4, -0.2) is 27.0 Å². The Hall–Kier alpha value is -3.35. The lowest BCUT2D eigenvalue weighted by molar-refractivity contribution is -0.122. The molecule has 3 aromatic rings. The molecule has 8 heteroatoms. The number of nitrogens with zero attached hydrogens (tertiary/aromatic N) is 3. The first-order chi connectivity index (χ1) is 17.6. The first-order valence-electron chi connectivity index (χ1n) is 12.3. The standard InChI is InChI=1S/C29H26Cl2N4O2/c1-15(2)26-24-25(33-35(26)20-7-5-6-16(3)12-20)27(36)34(23-14-19(31)9-8-17(23)4)29(24)21-11-10-18(30)13-22(21)32-28(29)37/h5-9,11-15,18H,10H2,1-4H3,(H,32,37). The van der Waals surface area contributed by atoms with Crippen LogP contribution >= 0.6 is 23.2 Å². The van der Waals surface area contributed by atoms with E-state index >= 15 is 0 Å². The lowest BCUT2D eigenvalue weighted by atomic mass is 9.79. The zero-order chi connectivity index (χ0) is 26.2. The predicted octanol–water partition coefficient (Wildman–Crippen LogP) is 6.07. The third-order valence-electron chi connectivity index (χ3n) is 7.38. The van der Waals surface area contributed by atoms with Gasteiger partial charge in [-0.25, -0.2) is 4.68 Å². The summed E-state index contributed by atoms with van der Waals surface area (Å²) in [5.74, 6) is -0.667. The number of carbonyl (C=O) groups excluding carboxylic acids is 2. The third-order valence-corrected chi connectivity index (χ3v) is 7.92. The van der Waals surface area contributed by atoms with Crippen molar-refractivity contribution in [3.8, 4) is 5.69 Å². The molecular weight excluding hydrogens is 507 g/mol. The Kier molecular flexibility index (Phi) is 5.41. The summed E-state index contributed by atoms with van der Waals surface area (Å²) >= 11 is 12.9. The average molecular weight is 533 g/mol. The van der Waals surface area contributed by atoms with Crippen LogP contribution in [0, 0.1) is 13.8 Å². The Balaban J connectivity index is 1.72. The topological polar surface area (TPSA) is 67.2 Å². The SMILES string of the molecule is Cc1cccc(-n2nc3c(c2C(C)C)C2(C(=O)NC4=CC(Cl)CC=C42)N(c2cc(Cl)ccc2C)C3=O)c1. The van der Waals surface area contributed by atoms with E-state index in [1.165, 1.54) is 0 Å². The van der Waals surface area contributed by atoms with Crippen LogP contribution in [0.1, 0.15) is 59.1 Å². The molecule has 0 saturated carbocycles. The number of carbonyl (C=O) groups is 2. The molecule has 37 heavy (non-hydrogen) atoms. The van der Waals surface area contributed by atoms with Gasteiger partial charge in [0.05, 0.1) is 22.4 Å². The van der Waals surface area contributed by atoms with Gasteiger partial charge in [0.15, 0.2) is 11.2 Å². The minimum Gasteiger partial charge on any atom is -0.323 e. The molecular formula is C29H26Cl2N4O2. The first-order valence-corrected chi connectivity index (χ1v) is 13.2. The van der Waals surface area contributed by atoms with Crippen molar-refractivity contribution < 1.29 is 9.59 Å². The number of aromatic nitrogens is 2. The Morgan fingerprint density at radius 2 is 1.92 bits per heavy atom. The minimum atomic E-state index is -1.42. The number of fused-ring (bicyclic) bond motifs is 4. The number of hydrogen-bond acceptors (Lipinski definition) is 3. The highest BCUT2D eigenvalue weighted by atomic mass is 35.5. The zero-order valence-corrected chi connectivity index (χ0v) is 22.5. The molecule has 0 radical (unpaired) electrons. The number of nitrogens with one attached hydrogen (secondary N) is 1. The van der Waals surface area contributed by atoms with Gasteiger partial charge < -0.3 is 5.32 Å². The maximum atomic E-state index is 14.3. The summed E-state index contributed by atoms with van der Waals surface area (Å²) in [6.07, 6.45) is 4.38. The maximum Gasteiger partial charge on any atom is 0.280 e. The molecule has 3 aliphatic rings. The van der Waals surface area contributed by atoms with E-state index in [-0.39, 0.29) is 28.8 Å². The summed E-state index contributed by atoms with van der Waals surface area (Å²) in [6, 6.07) is 13.4. The van der Waals surface area contributed by atoms with Gasteiger partial charge in [-0.1, -0.05) is 49.7 Å². The Morgan fingerprint density at radius 1 is 1.14 bits per heavy atom. The van der Waals surface area contributed by atoms with Crippen molar-refractivity contribution in [3.05, 3.63) is 99.0 Å². The molecule has 2 aliphatic heterocycles. The molecule has 2 unspecified atom stereocenters. The maximum absolute atomic E-state index is 14.3.